The third kappa shape index (κ3) is 2.84. The zero-order chi connectivity index (χ0) is 23.4. The molecule has 0 bridgehead atoms. The van der Waals surface area contributed by atoms with Crippen molar-refractivity contribution < 1.29 is 14.7 Å². The number of amides is 1. The van der Waals surface area contributed by atoms with Crippen LogP contribution in [0.15, 0.2) is 72.8 Å². The van der Waals surface area contributed by atoms with E-state index < -0.39 is 11.4 Å². The van der Waals surface area contributed by atoms with Gasteiger partial charge >= 0.3 is 5.97 Å². The summed E-state index contributed by atoms with van der Waals surface area (Å²) in [5.74, 6) is -0.719. The Labute approximate surface area is 192 Å². The van der Waals surface area contributed by atoms with Crippen LogP contribution in [0.1, 0.15) is 52.9 Å². The highest BCUT2D eigenvalue weighted by molar-refractivity contribution is 6.12. The molecule has 0 saturated heterocycles. The Bertz CT molecular complexity index is 1320. The van der Waals surface area contributed by atoms with Crippen molar-refractivity contribution in [3.63, 3.8) is 0 Å². The van der Waals surface area contributed by atoms with Crippen LogP contribution in [0.25, 0.3) is 0 Å². The Morgan fingerprint density at radius 3 is 2.48 bits per heavy atom. The molecular weight excluding hydrogens is 412 g/mol. The Morgan fingerprint density at radius 1 is 1.09 bits per heavy atom. The van der Waals surface area contributed by atoms with Crippen molar-refractivity contribution in [3.05, 3.63) is 101 Å². The number of hydrogen-bond donors (Lipinski definition) is 1. The van der Waals surface area contributed by atoms with E-state index in [9.17, 15) is 20.0 Å². The van der Waals surface area contributed by atoms with Crippen molar-refractivity contribution in [1.82, 2.24) is 0 Å². The van der Waals surface area contributed by atoms with Crippen molar-refractivity contribution in [1.29, 1.82) is 5.26 Å². The maximum Gasteiger partial charge on any atom is 0.335 e. The van der Waals surface area contributed by atoms with Crippen molar-refractivity contribution in [3.8, 4) is 6.07 Å². The average molecular weight is 437 g/mol. The summed E-state index contributed by atoms with van der Waals surface area (Å²) in [5.41, 5.74) is 3.58. The van der Waals surface area contributed by atoms with E-state index in [-0.39, 0.29) is 22.8 Å². The number of rotatable bonds is 5. The fourth-order valence-electron chi connectivity index (χ4n) is 5.86. The number of anilines is 1. The number of fused-ring (bicyclic) bond motifs is 2. The van der Waals surface area contributed by atoms with Gasteiger partial charge in [-0.3, -0.25) is 4.79 Å². The zero-order valence-electron chi connectivity index (χ0n) is 18.6. The third-order valence-electron chi connectivity index (χ3n) is 7.47. The van der Waals surface area contributed by atoms with E-state index in [0.29, 0.717) is 18.5 Å². The summed E-state index contributed by atoms with van der Waals surface area (Å²) in [4.78, 5) is 27.4. The van der Waals surface area contributed by atoms with Crippen LogP contribution >= 0.6 is 0 Å². The van der Waals surface area contributed by atoms with E-state index in [1.165, 1.54) is 0 Å². The van der Waals surface area contributed by atoms with E-state index in [0.717, 1.165) is 22.4 Å². The molecule has 1 aliphatic carbocycles. The van der Waals surface area contributed by atoms with Gasteiger partial charge in [-0.25, -0.2) is 4.79 Å². The molecule has 1 fully saturated rings. The molecule has 1 heterocycles. The normalized spacial score (nSPS) is 23.0. The summed E-state index contributed by atoms with van der Waals surface area (Å²) in [6, 6.07) is 24.5. The smallest absolute Gasteiger partial charge is 0.335 e. The minimum absolute atomic E-state index is 0.0579. The summed E-state index contributed by atoms with van der Waals surface area (Å²) in [6.45, 7) is 4.63. The van der Waals surface area contributed by atoms with Crippen LogP contribution in [0.5, 0.6) is 0 Å². The summed E-state index contributed by atoms with van der Waals surface area (Å²) in [7, 11) is 0. The van der Waals surface area contributed by atoms with Gasteiger partial charge in [-0.2, -0.15) is 5.26 Å². The molecule has 5 nitrogen and oxygen atoms in total. The standard InChI is InChI=1S/C28H24N2O3/c1-18(2)27(22-12-10-19(15-29)11-13-22)17-28(27)23-8-3-4-9-24(23)30(26(28)33)16-20-6-5-7-21(14-20)25(31)32/h3-14,18H,16-17H2,1-2H3,(H,31,32)/t27-,28-/m1/s1. The molecule has 0 aromatic heterocycles. The number of carbonyl (C=O) groups is 2. The number of carbonyl (C=O) groups excluding carboxylic acids is 1. The summed E-state index contributed by atoms with van der Waals surface area (Å²) in [5, 5.41) is 18.6. The molecule has 1 amide bonds. The van der Waals surface area contributed by atoms with Gasteiger partial charge in [0.05, 0.1) is 29.2 Å². The molecule has 2 aliphatic rings. The van der Waals surface area contributed by atoms with E-state index in [1.54, 1.807) is 18.2 Å². The van der Waals surface area contributed by atoms with Crippen LogP contribution in [0, 0.1) is 17.2 Å². The second-order valence-electron chi connectivity index (χ2n) is 9.31. The lowest BCUT2D eigenvalue weighted by atomic mass is 9.75. The van der Waals surface area contributed by atoms with Crippen LogP contribution in [0.3, 0.4) is 0 Å². The molecule has 5 rings (SSSR count). The van der Waals surface area contributed by atoms with Gasteiger partial charge in [-0.15, -0.1) is 0 Å². The van der Waals surface area contributed by atoms with Gasteiger partial charge in [0.15, 0.2) is 0 Å². The SMILES string of the molecule is CC(C)[C@@]1(c2ccc(C#N)cc2)C[C@@]12C(=O)N(Cc1cccc(C(=O)O)c1)c1ccccc12. The van der Waals surface area contributed by atoms with E-state index >= 15 is 0 Å². The van der Waals surface area contributed by atoms with Crippen LogP contribution < -0.4 is 4.90 Å². The van der Waals surface area contributed by atoms with E-state index in [2.05, 4.69) is 26.0 Å². The average Bonchev–Trinajstić information content (AvgIpc) is 3.49. The number of benzene rings is 3. The molecule has 164 valence electrons. The molecule has 0 radical (unpaired) electrons. The van der Waals surface area contributed by atoms with Crippen LogP contribution in [-0.4, -0.2) is 17.0 Å². The molecule has 5 heteroatoms. The van der Waals surface area contributed by atoms with Crippen molar-refractivity contribution in [2.75, 3.05) is 4.90 Å². The molecule has 0 unspecified atom stereocenters. The molecule has 1 aliphatic heterocycles. The molecule has 2 atom stereocenters. The summed E-state index contributed by atoms with van der Waals surface area (Å²) < 4.78 is 0. The first kappa shape index (κ1) is 21.0. The Hall–Kier alpha value is -3.91. The fourth-order valence-corrected chi connectivity index (χ4v) is 5.86. The van der Waals surface area contributed by atoms with Gasteiger partial charge in [0.2, 0.25) is 5.91 Å². The number of para-hydroxylation sites is 1. The Morgan fingerprint density at radius 2 is 1.82 bits per heavy atom. The van der Waals surface area contributed by atoms with Gasteiger partial charge in [-0.1, -0.05) is 56.3 Å². The second-order valence-corrected chi connectivity index (χ2v) is 9.31. The summed E-state index contributed by atoms with van der Waals surface area (Å²) >= 11 is 0. The monoisotopic (exact) mass is 436 g/mol. The van der Waals surface area contributed by atoms with Crippen molar-refractivity contribution in [2.45, 2.75) is 37.6 Å². The lowest BCUT2D eigenvalue weighted by Gasteiger charge is -2.27. The molecule has 3 aromatic carbocycles. The minimum Gasteiger partial charge on any atom is -0.478 e. The Kier molecular flexibility index (Phi) is 4.65. The number of nitriles is 1. The molecular formula is C28H24N2O3. The highest BCUT2D eigenvalue weighted by Gasteiger charge is 2.77. The van der Waals surface area contributed by atoms with Crippen LogP contribution in [0.4, 0.5) is 5.69 Å². The fraction of sp³-hybridized carbons (Fsp3) is 0.250. The molecule has 1 saturated carbocycles. The van der Waals surface area contributed by atoms with Crippen LogP contribution in [-0.2, 0) is 22.2 Å². The van der Waals surface area contributed by atoms with Gasteiger partial charge in [-0.05, 0) is 59.4 Å². The van der Waals surface area contributed by atoms with Gasteiger partial charge in [0.1, 0.15) is 0 Å². The first-order valence-electron chi connectivity index (χ1n) is 11.1. The minimum atomic E-state index is -0.983. The third-order valence-corrected chi connectivity index (χ3v) is 7.47. The number of hydrogen-bond acceptors (Lipinski definition) is 3. The number of carboxylic acid groups (broad SMARTS) is 1. The summed E-state index contributed by atoms with van der Waals surface area (Å²) in [6.07, 6.45) is 0.713. The molecule has 1 N–H and O–H groups in total. The lowest BCUT2D eigenvalue weighted by Crippen LogP contribution is -2.38. The first-order chi connectivity index (χ1) is 15.8. The maximum atomic E-state index is 14.1. The highest BCUT2D eigenvalue weighted by atomic mass is 16.4. The quantitative estimate of drug-likeness (QED) is 0.608. The number of aromatic carboxylic acids is 1. The highest BCUT2D eigenvalue weighted by Crippen LogP contribution is 2.73. The van der Waals surface area contributed by atoms with Gasteiger partial charge < -0.3 is 10.0 Å². The number of nitrogens with zero attached hydrogens (tertiary/aromatic N) is 2. The van der Waals surface area contributed by atoms with Crippen molar-refractivity contribution in [2.24, 2.45) is 5.92 Å². The lowest BCUT2D eigenvalue weighted by molar-refractivity contribution is -0.121. The number of carboxylic acids is 1. The predicted octanol–water partition coefficient (Wildman–Crippen LogP) is 5.04. The van der Waals surface area contributed by atoms with Crippen LogP contribution in [0.2, 0.25) is 0 Å². The molecule has 33 heavy (non-hydrogen) atoms. The topological polar surface area (TPSA) is 81.4 Å². The Balaban J connectivity index is 1.60. The van der Waals surface area contributed by atoms with Gasteiger partial charge in [0, 0.05) is 11.1 Å². The van der Waals surface area contributed by atoms with Crippen molar-refractivity contribution >= 4 is 17.6 Å². The zero-order valence-corrected chi connectivity index (χ0v) is 18.6. The second kappa shape index (κ2) is 7.31. The van der Waals surface area contributed by atoms with Gasteiger partial charge in [0.25, 0.3) is 0 Å². The first-order valence-corrected chi connectivity index (χ1v) is 11.1. The molecule has 3 aromatic rings. The largest absolute Gasteiger partial charge is 0.478 e. The maximum absolute atomic E-state index is 14.1. The van der Waals surface area contributed by atoms with E-state index in [1.807, 2.05) is 53.4 Å². The van der Waals surface area contributed by atoms with E-state index in [4.69, 9.17) is 0 Å². The molecule has 1 spiro atoms. The predicted molar refractivity (Wildman–Crippen MR) is 125 cm³/mol.